The summed E-state index contributed by atoms with van der Waals surface area (Å²) in [5.41, 5.74) is 0.418. The Hall–Kier alpha value is -1.88. The van der Waals surface area contributed by atoms with E-state index in [-0.39, 0.29) is 5.69 Å². The molecular weight excluding hydrogens is 268 g/mol. The number of hydrogen-bond acceptors (Lipinski definition) is 2. The molecule has 0 aliphatic rings. The Morgan fingerprint density at radius 2 is 1.89 bits per heavy atom. The number of carbonyl (C=O) groups excluding carboxylic acids is 1. The van der Waals surface area contributed by atoms with Crippen LogP contribution in [0.3, 0.4) is 0 Å². The molecule has 0 fully saturated rings. The average Bonchev–Trinajstić information content (AvgIpc) is 2.41. The smallest absolute Gasteiger partial charge is 0.256 e. The average molecular weight is 279 g/mol. The molecule has 2 aromatic rings. The van der Waals surface area contributed by atoms with Crippen molar-refractivity contribution >= 4 is 23.4 Å². The van der Waals surface area contributed by atoms with Crippen LogP contribution in [-0.2, 0) is 0 Å². The molecule has 5 heteroatoms. The van der Waals surface area contributed by atoms with E-state index in [0.717, 1.165) is 17.0 Å². The van der Waals surface area contributed by atoms with Gasteiger partial charge in [0.05, 0.1) is 11.3 Å². The predicted octanol–water partition coefficient (Wildman–Crippen LogP) is 3.94. The maximum absolute atomic E-state index is 13.4. The molecule has 1 N–H and O–H groups in total. The summed E-state index contributed by atoms with van der Waals surface area (Å²) in [6.07, 6.45) is 1.85. The number of nitrogens with one attached hydrogen (secondary N) is 1. The second kappa shape index (κ2) is 5.84. The van der Waals surface area contributed by atoms with Crippen LogP contribution in [0.25, 0.3) is 0 Å². The molecule has 0 saturated carbocycles. The summed E-state index contributed by atoms with van der Waals surface area (Å²) in [7, 11) is 0. The summed E-state index contributed by atoms with van der Waals surface area (Å²) in [6, 6.07) is 10.0. The highest BCUT2D eigenvalue weighted by atomic mass is 32.2. The van der Waals surface area contributed by atoms with Crippen LogP contribution in [0.5, 0.6) is 0 Å². The van der Waals surface area contributed by atoms with E-state index in [0.29, 0.717) is 5.56 Å². The van der Waals surface area contributed by atoms with Crippen molar-refractivity contribution in [3.8, 4) is 0 Å². The zero-order chi connectivity index (χ0) is 13.8. The molecule has 2 rings (SSSR count). The number of thioether (sulfide) groups is 1. The molecule has 0 heterocycles. The number of amides is 1. The fraction of sp³-hybridized carbons (Fsp3) is 0.0714. The number of halogens is 2. The van der Waals surface area contributed by atoms with Gasteiger partial charge in [-0.1, -0.05) is 12.1 Å². The van der Waals surface area contributed by atoms with Crippen molar-refractivity contribution in [1.29, 1.82) is 0 Å². The molecule has 0 radical (unpaired) electrons. The standard InChI is InChI=1S/C14H11F2NOS/c1-19-13-5-3-2-4-10(13)14(18)17-12-7-6-9(15)8-11(12)16/h2-8H,1H3,(H,17,18). The lowest BCUT2D eigenvalue weighted by molar-refractivity contribution is 0.102. The van der Waals surface area contributed by atoms with Gasteiger partial charge in [0.1, 0.15) is 11.6 Å². The lowest BCUT2D eigenvalue weighted by atomic mass is 10.2. The van der Waals surface area contributed by atoms with Gasteiger partial charge in [0.25, 0.3) is 5.91 Å². The lowest BCUT2D eigenvalue weighted by Gasteiger charge is -2.09. The molecule has 0 aliphatic heterocycles. The molecule has 2 nitrogen and oxygen atoms in total. The molecule has 0 aliphatic carbocycles. The van der Waals surface area contributed by atoms with Gasteiger partial charge in [-0.05, 0) is 30.5 Å². The normalized spacial score (nSPS) is 10.3. The molecule has 1 amide bonds. The van der Waals surface area contributed by atoms with Crippen LogP contribution in [0.2, 0.25) is 0 Å². The minimum Gasteiger partial charge on any atom is -0.319 e. The molecule has 0 atom stereocenters. The van der Waals surface area contributed by atoms with Crippen LogP contribution < -0.4 is 5.32 Å². The van der Waals surface area contributed by atoms with Crippen LogP contribution in [0.1, 0.15) is 10.4 Å². The Bertz CT molecular complexity index is 616. The second-order valence-electron chi connectivity index (χ2n) is 3.78. The Labute approximate surface area is 113 Å². The molecule has 0 bridgehead atoms. The Morgan fingerprint density at radius 3 is 2.58 bits per heavy atom. The van der Waals surface area contributed by atoms with Crippen LogP contribution in [0, 0.1) is 11.6 Å². The number of rotatable bonds is 3. The summed E-state index contributed by atoms with van der Waals surface area (Å²) in [6.45, 7) is 0. The van der Waals surface area contributed by atoms with E-state index in [1.54, 1.807) is 18.2 Å². The summed E-state index contributed by atoms with van der Waals surface area (Å²) >= 11 is 1.43. The molecule has 0 aromatic heterocycles. The van der Waals surface area contributed by atoms with E-state index >= 15 is 0 Å². The number of anilines is 1. The fourth-order valence-corrected chi connectivity index (χ4v) is 2.21. The lowest BCUT2D eigenvalue weighted by Crippen LogP contribution is -2.14. The molecule has 0 saturated heterocycles. The highest BCUT2D eigenvalue weighted by molar-refractivity contribution is 7.98. The van der Waals surface area contributed by atoms with Crippen molar-refractivity contribution in [2.24, 2.45) is 0 Å². The van der Waals surface area contributed by atoms with Crippen molar-refractivity contribution in [1.82, 2.24) is 0 Å². The monoisotopic (exact) mass is 279 g/mol. The zero-order valence-corrected chi connectivity index (χ0v) is 10.9. The van der Waals surface area contributed by atoms with E-state index in [1.165, 1.54) is 17.8 Å². The van der Waals surface area contributed by atoms with Crippen LogP contribution >= 0.6 is 11.8 Å². The minimum absolute atomic E-state index is 0.0395. The molecule has 0 spiro atoms. The summed E-state index contributed by atoms with van der Waals surface area (Å²) in [5, 5.41) is 2.43. The molecule has 2 aromatic carbocycles. The van der Waals surface area contributed by atoms with Gasteiger partial charge in [-0.2, -0.15) is 0 Å². The highest BCUT2D eigenvalue weighted by Gasteiger charge is 2.12. The quantitative estimate of drug-likeness (QED) is 0.862. The van der Waals surface area contributed by atoms with E-state index in [1.807, 2.05) is 12.3 Å². The third-order valence-corrected chi connectivity index (χ3v) is 3.33. The van der Waals surface area contributed by atoms with Crippen molar-refractivity contribution in [2.75, 3.05) is 11.6 Å². The van der Waals surface area contributed by atoms with E-state index < -0.39 is 17.5 Å². The summed E-state index contributed by atoms with van der Waals surface area (Å²) in [4.78, 5) is 12.8. The number of benzene rings is 2. The first-order chi connectivity index (χ1) is 9.11. The summed E-state index contributed by atoms with van der Waals surface area (Å²) in [5.74, 6) is -1.90. The van der Waals surface area contributed by atoms with Crippen molar-refractivity contribution in [3.63, 3.8) is 0 Å². The minimum atomic E-state index is -0.796. The van der Waals surface area contributed by atoms with Gasteiger partial charge >= 0.3 is 0 Å². The van der Waals surface area contributed by atoms with Crippen molar-refractivity contribution in [2.45, 2.75) is 4.90 Å². The Balaban J connectivity index is 2.26. The van der Waals surface area contributed by atoms with E-state index in [4.69, 9.17) is 0 Å². The van der Waals surface area contributed by atoms with E-state index in [2.05, 4.69) is 5.32 Å². The SMILES string of the molecule is CSc1ccccc1C(=O)Nc1ccc(F)cc1F. The molecule has 19 heavy (non-hydrogen) atoms. The fourth-order valence-electron chi connectivity index (χ4n) is 1.61. The first kappa shape index (κ1) is 13.5. The highest BCUT2D eigenvalue weighted by Crippen LogP contribution is 2.22. The Morgan fingerprint density at radius 1 is 1.16 bits per heavy atom. The van der Waals surface area contributed by atoms with Gasteiger partial charge in [-0.3, -0.25) is 4.79 Å². The van der Waals surface area contributed by atoms with Gasteiger partial charge in [0.2, 0.25) is 0 Å². The summed E-state index contributed by atoms with van der Waals surface area (Å²) < 4.78 is 26.2. The van der Waals surface area contributed by atoms with Gasteiger partial charge in [0.15, 0.2) is 0 Å². The molecular formula is C14H11F2NOS. The Kier molecular flexibility index (Phi) is 4.16. The third kappa shape index (κ3) is 3.12. The van der Waals surface area contributed by atoms with Gasteiger partial charge in [-0.25, -0.2) is 8.78 Å². The number of hydrogen-bond donors (Lipinski definition) is 1. The first-order valence-corrected chi connectivity index (χ1v) is 6.73. The van der Waals surface area contributed by atoms with Crippen LogP contribution in [0.15, 0.2) is 47.4 Å². The van der Waals surface area contributed by atoms with Gasteiger partial charge in [0, 0.05) is 11.0 Å². The van der Waals surface area contributed by atoms with Gasteiger partial charge in [-0.15, -0.1) is 11.8 Å². The first-order valence-electron chi connectivity index (χ1n) is 5.51. The predicted molar refractivity (Wildman–Crippen MR) is 72.5 cm³/mol. The topological polar surface area (TPSA) is 29.1 Å². The van der Waals surface area contributed by atoms with Gasteiger partial charge < -0.3 is 5.32 Å². The second-order valence-corrected chi connectivity index (χ2v) is 4.63. The zero-order valence-electron chi connectivity index (χ0n) is 10.1. The maximum Gasteiger partial charge on any atom is 0.256 e. The maximum atomic E-state index is 13.4. The molecule has 98 valence electrons. The largest absolute Gasteiger partial charge is 0.319 e. The van der Waals surface area contributed by atoms with Crippen molar-refractivity contribution < 1.29 is 13.6 Å². The van der Waals surface area contributed by atoms with Crippen LogP contribution in [0.4, 0.5) is 14.5 Å². The number of carbonyl (C=O) groups is 1. The molecule has 0 unspecified atom stereocenters. The van der Waals surface area contributed by atoms with E-state index in [9.17, 15) is 13.6 Å². The van der Waals surface area contributed by atoms with Crippen LogP contribution in [-0.4, -0.2) is 12.2 Å². The van der Waals surface area contributed by atoms with Crippen molar-refractivity contribution in [3.05, 3.63) is 59.7 Å². The third-order valence-electron chi connectivity index (χ3n) is 2.53.